The molecule has 2 saturated heterocycles. The quantitative estimate of drug-likeness (QED) is 0.570. The van der Waals surface area contributed by atoms with Gasteiger partial charge in [0.25, 0.3) is 0 Å². The second kappa shape index (κ2) is 8.48. The van der Waals surface area contributed by atoms with E-state index in [0.29, 0.717) is 12.8 Å². The number of hydrogen-bond acceptors (Lipinski definition) is 4. The number of carbonyl (C=O) groups excluding carboxylic acids is 3. The zero-order valence-corrected chi connectivity index (χ0v) is 18.6. The van der Waals surface area contributed by atoms with E-state index in [1.165, 1.54) is 24.0 Å². The Balaban J connectivity index is 1.64. The molecule has 1 aromatic rings. The van der Waals surface area contributed by atoms with Crippen LogP contribution in [0.15, 0.2) is 18.2 Å². The van der Waals surface area contributed by atoms with Crippen molar-refractivity contribution in [3.63, 3.8) is 0 Å². The first-order valence-corrected chi connectivity index (χ1v) is 11.0. The van der Waals surface area contributed by atoms with Crippen molar-refractivity contribution < 1.29 is 37.5 Å². The highest BCUT2D eigenvalue weighted by Gasteiger charge is 2.50. The summed E-state index contributed by atoms with van der Waals surface area (Å²) in [5.74, 6) is -4.01. The molecule has 4 rings (SSSR count). The van der Waals surface area contributed by atoms with Crippen molar-refractivity contribution >= 4 is 23.9 Å². The lowest BCUT2D eigenvalue weighted by Gasteiger charge is -2.46. The summed E-state index contributed by atoms with van der Waals surface area (Å²) in [6.45, 7) is 2.33. The molecule has 184 valence electrons. The number of halogens is 3. The van der Waals surface area contributed by atoms with Gasteiger partial charge >= 0.3 is 24.2 Å². The Morgan fingerprint density at radius 2 is 1.79 bits per heavy atom. The molecule has 1 aliphatic carbocycles. The Bertz CT molecular complexity index is 1050. The molecule has 1 saturated carbocycles. The van der Waals surface area contributed by atoms with Crippen LogP contribution in [0, 0.1) is 18.8 Å². The largest absolute Gasteiger partial charge is 0.481 e. The highest BCUT2D eigenvalue weighted by molar-refractivity contribution is 6.06. The van der Waals surface area contributed by atoms with Crippen LogP contribution < -0.4 is 10.6 Å². The van der Waals surface area contributed by atoms with Crippen LogP contribution in [0.25, 0.3) is 0 Å². The van der Waals surface area contributed by atoms with Gasteiger partial charge in [0.2, 0.25) is 5.91 Å². The maximum absolute atomic E-state index is 13.4. The summed E-state index contributed by atoms with van der Waals surface area (Å²) in [7, 11) is 0. The molecule has 34 heavy (non-hydrogen) atoms. The molecule has 9 nitrogen and oxygen atoms in total. The van der Waals surface area contributed by atoms with Crippen LogP contribution >= 0.6 is 0 Å². The monoisotopic (exact) mass is 482 g/mol. The summed E-state index contributed by atoms with van der Waals surface area (Å²) in [5.41, 5.74) is -0.912. The number of nitrogens with zero attached hydrogens (tertiary/aromatic N) is 2. The van der Waals surface area contributed by atoms with Gasteiger partial charge in [-0.25, -0.2) is 9.59 Å². The first-order chi connectivity index (χ1) is 15.9. The van der Waals surface area contributed by atoms with E-state index in [1.807, 2.05) is 6.92 Å². The maximum atomic E-state index is 13.4. The highest BCUT2D eigenvalue weighted by atomic mass is 19.4. The smallest absolute Gasteiger partial charge is 0.416 e. The van der Waals surface area contributed by atoms with Crippen LogP contribution in [0.5, 0.6) is 0 Å². The molecule has 5 amide bonds. The van der Waals surface area contributed by atoms with Crippen molar-refractivity contribution in [2.75, 3.05) is 6.54 Å². The summed E-state index contributed by atoms with van der Waals surface area (Å²) in [4.78, 5) is 52.0. The molecule has 0 radical (unpaired) electrons. The average molecular weight is 482 g/mol. The van der Waals surface area contributed by atoms with Gasteiger partial charge < -0.3 is 20.6 Å². The molecule has 12 heteroatoms. The van der Waals surface area contributed by atoms with E-state index in [2.05, 4.69) is 10.6 Å². The molecule has 2 aliphatic heterocycles. The minimum atomic E-state index is -4.61. The van der Waals surface area contributed by atoms with E-state index in [9.17, 15) is 37.5 Å². The van der Waals surface area contributed by atoms with Crippen molar-refractivity contribution in [2.45, 2.75) is 57.5 Å². The van der Waals surface area contributed by atoms with E-state index < -0.39 is 48.2 Å². The van der Waals surface area contributed by atoms with E-state index in [-0.39, 0.29) is 41.7 Å². The number of imide groups is 1. The molecule has 3 fully saturated rings. The molecule has 0 bridgehead atoms. The Hall–Kier alpha value is -3.31. The number of benzene rings is 1. The number of nitrogens with one attached hydrogen (secondary N) is 2. The fraction of sp³-hybridized carbons (Fsp3) is 0.545. The van der Waals surface area contributed by atoms with Crippen molar-refractivity contribution in [3.05, 3.63) is 34.9 Å². The number of carboxylic acids is 1. The van der Waals surface area contributed by atoms with Crippen molar-refractivity contribution in [3.8, 4) is 0 Å². The number of amides is 5. The lowest BCUT2D eigenvalue weighted by Crippen LogP contribution is -2.63. The van der Waals surface area contributed by atoms with E-state index in [4.69, 9.17) is 0 Å². The fourth-order valence-electron chi connectivity index (χ4n) is 5.24. The van der Waals surface area contributed by atoms with Gasteiger partial charge in [-0.1, -0.05) is 19.1 Å². The minimum absolute atomic E-state index is 0.103. The lowest BCUT2D eigenvalue weighted by molar-refractivity contribution is -0.153. The molecule has 0 aromatic heterocycles. The van der Waals surface area contributed by atoms with Gasteiger partial charge in [-0.05, 0) is 42.9 Å². The molecule has 3 aliphatic rings. The summed E-state index contributed by atoms with van der Waals surface area (Å²) in [5, 5.41) is 15.3. The highest BCUT2D eigenvalue weighted by Crippen LogP contribution is 2.36. The van der Waals surface area contributed by atoms with Gasteiger partial charge in [0.15, 0.2) is 5.92 Å². The van der Waals surface area contributed by atoms with Crippen LogP contribution in [0.2, 0.25) is 0 Å². The average Bonchev–Trinajstić information content (AvgIpc) is 3.09. The van der Waals surface area contributed by atoms with Crippen molar-refractivity contribution in [1.82, 2.24) is 20.4 Å². The molecular formula is C22H25F3N4O5. The van der Waals surface area contributed by atoms with Crippen LogP contribution in [0.4, 0.5) is 22.8 Å². The van der Waals surface area contributed by atoms with Crippen molar-refractivity contribution in [1.29, 1.82) is 0 Å². The third kappa shape index (κ3) is 4.16. The normalized spacial score (nSPS) is 29.6. The minimum Gasteiger partial charge on any atom is -0.481 e. The zero-order valence-electron chi connectivity index (χ0n) is 18.6. The second-order valence-corrected chi connectivity index (χ2v) is 9.18. The molecule has 3 N–H and O–H groups in total. The van der Waals surface area contributed by atoms with Gasteiger partial charge in [-0.15, -0.1) is 0 Å². The third-order valence-electron chi connectivity index (χ3n) is 7.09. The summed E-state index contributed by atoms with van der Waals surface area (Å²) < 4.78 is 40.0. The predicted octanol–water partition coefficient (Wildman–Crippen LogP) is 2.33. The summed E-state index contributed by atoms with van der Waals surface area (Å²) in [6, 6.07) is 1.62. The summed E-state index contributed by atoms with van der Waals surface area (Å²) >= 11 is 0. The number of rotatable bonds is 4. The van der Waals surface area contributed by atoms with E-state index >= 15 is 0 Å². The second-order valence-electron chi connectivity index (χ2n) is 9.18. The molecule has 1 aromatic carbocycles. The number of alkyl halides is 3. The van der Waals surface area contributed by atoms with Gasteiger partial charge in [0.1, 0.15) is 0 Å². The van der Waals surface area contributed by atoms with Crippen molar-refractivity contribution in [2.24, 2.45) is 11.8 Å². The van der Waals surface area contributed by atoms with Crippen LogP contribution in [-0.2, 0) is 22.3 Å². The standard InChI is InChI=1S/C22H25F3N4O5/c1-10-6-15-16(27-20(33)26-15)7-17(10)28-9-13(19(31)32)18(30)29(21(28)34)8-12-4-3-5-14(11(12)2)22(23,24)25/h3-5,10,13,15-17H,6-9H2,1-2H3,(H,31,32)(H2,26,27,33). The molecule has 2 heterocycles. The fourth-order valence-corrected chi connectivity index (χ4v) is 5.24. The molecular weight excluding hydrogens is 457 g/mol. The number of fused-ring (bicyclic) bond motifs is 1. The van der Waals surface area contributed by atoms with E-state index in [0.717, 1.165) is 11.0 Å². The van der Waals surface area contributed by atoms with Gasteiger partial charge in [0.05, 0.1) is 24.2 Å². The Kier molecular flexibility index (Phi) is 5.94. The zero-order chi connectivity index (χ0) is 24.9. The SMILES string of the molecule is Cc1c(CN2C(=O)C(C(=O)O)CN(C3CC4NC(=O)NC4CC3C)C2=O)cccc1C(F)(F)F. The number of aliphatic carboxylic acids is 1. The van der Waals surface area contributed by atoms with Gasteiger partial charge in [-0.3, -0.25) is 14.5 Å². The Morgan fingerprint density at radius 3 is 2.41 bits per heavy atom. The lowest BCUT2D eigenvalue weighted by atomic mass is 9.79. The molecule has 5 atom stereocenters. The number of hydrogen-bond donors (Lipinski definition) is 3. The summed E-state index contributed by atoms with van der Waals surface area (Å²) in [6.07, 6.45) is -3.69. The van der Waals surface area contributed by atoms with Crippen LogP contribution in [0.3, 0.4) is 0 Å². The van der Waals surface area contributed by atoms with Gasteiger partial charge in [0, 0.05) is 12.6 Å². The third-order valence-corrected chi connectivity index (χ3v) is 7.09. The first-order valence-electron chi connectivity index (χ1n) is 11.0. The molecule has 0 spiro atoms. The van der Waals surface area contributed by atoms with Crippen LogP contribution in [0.1, 0.15) is 36.5 Å². The topological polar surface area (TPSA) is 119 Å². The van der Waals surface area contributed by atoms with E-state index in [1.54, 1.807) is 0 Å². The van der Waals surface area contributed by atoms with Crippen LogP contribution in [-0.4, -0.2) is 63.5 Å². The maximum Gasteiger partial charge on any atom is 0.416 e. The Morgan fingerprint density at radius 1 is 1.15 bits per heavy atom. The number of carbonyl (C=O) groups is 4. The number of urea groups is 2. The Labute approximate surface area is 193 Å². The number of carboxylic acid groups (broad SMARTS) is 1. The first kappa shape index (κ1) is 23.8. The predicted molar refractivity (Wildman–Crippen MR) is 111 cm³/mol. The van der Waals surface area contributed by atoms with Gasteiger partial charge in [-0.2, -0.15) is 13.2 Å². The molecule has 5 unspecified atom stereocenters.